The summed E-state index contributed by atoms with van der Waals surface area (Å²) in [6.07, 6.45) is 2.57. The van der Waals surface area contributed by atoms with Crippen molar-refractivity contribution in [1.29, 1.82) is 0 Å². The van der Waals surface area contributed by atoms with Crippen molar-refractivity contribution in [3.8, 4) is 5.75 Å². The van der Waals surface area contributed by atoms with Gasteiger partial charge in [-0.05, 0) is 37.1 Å². The molecule has 0 aromatic heterocycles. The zero-order valence-corrected chi connectivity index (χ0v) is 10.4. The second-order valence-corrected chi connectivity index (χ2v) is 4.37. The maximum atomic E-state index is 5.70. The predicted molar refractivity (Wildman–Crippen MR) is 68.3 cm³/mol. The highest BCUT2D eigenvalue weighted by molar-refractivity contribution is 5.27. The first-order valence-corrected chi connectivity index (χ1v) is 6.42. The van der Waals surface area contributed by atoms with Gasteiger partial charge in [-0.3, -0.25) is 0 Å². The monoisotopic (exact) mass is 235 g/mol. The lowest BCUT2D eigenvalue weighted by Gasteiger charge is -2.11. The number of hydrogen-bond donors (Lipinski definition) is 1. The minimum atomic E-state index is 0.288. The van der Waals surface area contributed by atoms with E-state index in [1.807, 2.05) is 12.1 Å². The molecule has 0 aliphatic carbocycles. The average Bonchev–Trinajstić information content (AvgIpc) is 2.88. The lowest BCUT2D eigenvalue weighted by Crippen LogP contribution is -2.16. The molecule has 1 aliphatic rings. The maximum Gasteiger partial charge on any atom is 0.119 e. The van der Waals surface area contributed by atoms with Crippen molar-refractivity contribution in [2.45, 2.75) is 32.4 Å². The highest BCUT2D eigenvalue weighted by atomic mass is 16.5. The Labute approximate surface area is 103 Å². The van der Waals surface area contributed by atoms with Gasteiger partial charge in [0, 0.05) is 13.2 Å². The van der Waals surface area contributed by atoms with E-state index < -0.39 is 0 Å². The van der Waals surface area contributed by atoms with E-state index in [-0.39, 0.29) is 6.10 Å². The molecule has 0 bridgehead atoms. The maximum absolute atomic E-state index is 5.70. The molecule has 3 heteroatoms. The second kappa shape index (κ2) is 6.62. The molecule has 1 fully saturated rings. The van der Waals surface area contributed by atoms with Gasteiger partial charge in [0.1, 0.15) is 12.4 Å². The van der Waals surface area contributed by atoms with E-state index in [9.17, 15) is 0 Å². The van der Waals surface area contributed by atoms with E-state index in [4.69, 9.17) is 9.47 Å². The normalized spacial score (nSPS) is 19.5. The first-order valence-electron chi connectivity index (χ1n) is 6.42. The molecule has 1 atom stereocenters. The summed E-state index contributed by atoms with van der Waals surface area (Å²) in [7, 11) is 0. The van der Waals surface area contributed by atoms with E-state index in [0.29, 0.717) is 6.61 Å². The first-order chi connectivity index (χ1) is 8.38. The van der Waals surface area contributed by atoms with Gasteiger partial charge in [-0.1, -0.05) is 19.1 Å². The van der Waals surface area contributed by atoms with Gasteiger partial charge in [-0.15, -0.1) is 0 Å². The van der Waals surface area contributed by atoms with Gasteiger partial charge < -0.3 is 14.8 Å². The van der Waals surface area contributed by atoms with Crippen LogP contribution in [0.1, 0.15) is 25.3 Å². The highest BCUT2D eigenvalue weighted by Gasteiger charge is 2.15. The third kappa shape index (κ3) is 4.02. The molecule has 1 heterocycles. The Balaban J connectivity index is 1.76. The Kier molecular flexibility index (Phi) is 4.83. The molecular formula is C14H21NO2. The van der Waals surface area contributed by atoms with Crippen LogP contribution in [0.4, 0.5) is 0 Å². The van der Waals surface area contributed by atoms with Crippen molar-refractivity contribution in [2.24, 2.45) is 0 Å². The van der Waals surface area contributed by atoms with Crippen molar-refractivity contribution in [3.63, 3.8) is 0 Å². The molecule has 94 valence electrons. The van der Waals surface area contributed by atoms with E-state index in [0.717, 1.165) is 38.3 Å². The van der Waals surface area contributed by atoms with E-state index in [2.05, 4.69) is 24.4 Å². The zero-order valence-electron chi connectivity index (χ0n) is 10.4. The molecule has 2 rings (SSSR count). The summed E-state index contributed by atoms with van der Waals surface area (Å²) in [5, 5.41) is 3.30. The molecule has 1 aliphatic heterocycles. The minimum absolute atomic E-state index is 0.288. The fourth-order valence-corrected chi connectivity index (χ4v) is 1.94. The number of hydrogen-bond acceptors (Lipinski definition) is 3. The van der Waals surface area contributed by atoms with Gasteiger partial charge in [0.25, 0.3) is 0 Å². The second-order valence-electron chi connectivity index (χ2n) is 4.37. The topological polar surface area (TPSA) is 30.5 Å². The summed E-state index contributed by atoms with van der Waals surface area (Å²) in [5.41, 5.74) is 1.29. The number of nitrogens with one attached hydrogen (secondary N) is 1. The molecule has 1 unspecified atom stereocenters. The van der Waals surface area contributed by atoms with Gasteiger partial charge in [0.05, 0.1) is 6.10 Å². The predicted octanol–water partition coefficient (Wildman–Crippen LogP) is 2.35. The summed E-state index contributed by atoms with van der Waals surface area (Å²) >= 11 is 0. The number of rotatable bonds is 6. The molecule has 0 saturated carbocycles. The van der Waals surface area contributed by atoms with E-state index in [1.54, 1.807) is 0 Å². The molecule has 1 aromatic rings. The van der Waals surface area contributed by atoms with Gasteiger partial charge in [0.2, 0.25) is 0 Å². The van der Waals surface area contributed by atoms with Gasteiger partial charge >= 0.3 is 0 Å². The Hall–Kier alpha value is -1.06. The summed E-state index contributed by atoms with van der Waals surface area (Å²) in [5.74, 6) is 0.931. The molecule has 0 spiro atoms. The van der Waals surface area contributed by atoms with Crippen LogP contribution in [-0.4, -0.2) is 25.9 Å². The molecule has 3 nitrogen and oxygen atoms in total. The Morgan fingerprint density at radius 1 is 1.35 bits per heavy atom. The van der Waals surface area contributed by atoms with Crippen molar-refractivity contribution in [2.75, 3.05) is 19.8 Å². The molecule has 1 saturated heterocycles. The van der Waals surface area contributed by atoms with Crippen LogP contribution in [-0.2, 0) is 11.3 Å². The van der Waals surface area contributed by atoms with Gasteiger partial charge in [-0.2, -0.15) is 0 Å². The lowest BCUT2D eigenvalue weighted by atomic mass is 10.2. The van der Waals surface area contributed by atoms with Crippen LogP contribution >= 0.6 is 0 Å². The third-order valence-electron chi connectivity index (χ3n) is 2.96. The van der Waals surface area contributed by atoms with Crippen LogP contribution in [0.15, 0.2) is 24.3 Å². The molecule has 0 amide bonds. The van der Waals surface area contributed by atoms with Crippen molar-refractivity contribution >= 4 is 0 Å². The van der Waals surface area contributed by atoms with E-state index in [1.165, 1.54) is 5.56 Å². The first kappa shape index (κ1) is 12.4. The summed E-state index contributed by atoms with van der Waals surface area (Å²) in [4.78, 5) is 0. The van der Waals surface area contributed by atoms with Crippen molar-refractivity contribution < 1.29 is 9.47 Å². The SMILES string of the molecule is CCNCc1ccc(OCC2CCCO2)cc1. The summed E-state index contributed by atoms with van der Waals surface area (Å²) in [6.45, 7) is 5.58. The van der Waals surface area contributed by atoms with Gasteiger partial charge in [-0.25, -0.2) is 0 Å². The van der Waals surface area contributed by atoms with Crippen LogP contribution in [0.2, 0.25) is 0 Å². The Morgan fingerprint density at radius 3 is 2.82 bits per heavy atom. The minimum Gasteiger partial charge on any atom is -0.491 e. The highest BCUT2D eigenvalue weighted by Crippen LogP contribution is 2.16. The van der Waals surface area contributed by atoms with Crippen LogP contribution < -0.4 is 10.1 Å². The van der Waals surface area contributed by atoms with E-state index >= 15 is 0 Å². The van der Waals surface area contributed by atoms with Crippen molar-refractivity contribution in [3.05, 3.63) is 29.8 Å². The van der Waals surface area contributed by atoms with Crippen LogP contribution in [0.3, 0.4) is 0 Å². The third-order valence-corrected chi connectivity index (χ3v) is 2.96. The van der Waals surface area contributed by atoms with Gasteiger partial charge in [0.15, 0.2) is 0 Å². The Morgan fingerprint density at radius 2 is 2.18 bits per heavy atom. The largest absolute Gasteiger partial charge is 0.491 e. The van der Waals surface area contributed by atoms with Crippen LogP contribution in [0, 0.1) is 0 Å². The number of benzene rings is 1. The summed E-state index contributed by atoms with van der Waals surface area (Å²) in [6, 6.07) is 8.27. The van der Waals surface area contributed by atoms with Crippen molar-refractivity contribution in [1.82, 2.24) is 5.32 Å². The quantitative estimate of drug-likeness (QED) is 0.821. The molecule has 1 N–H and O–H groups in total. The zero-order chi connectivity index (χ0) is 11.9. The lowest BCUT2D eigenvalue weighted by molar-refractivity contribution is 0.0679. The van der Waals surface area contributed by atoms with Crippen LogP contribution in [0.5, 0.6) is 5.75 Å². The standard InChI is InChI=1S/C14H21NO2/c1-2-15-10-12-5-7-13(8-6-12)17-11-14-4-3-9-16-14/h5-8,14-15H,2-4,9-11H2,1H3. The molecule has 17 heavy (non-hydrogen) atoms. The number of ether oxygens (including phenoxy) is 2. The average molecular weight is 235 g/mol. The molecule has 0 radical (unpaired) electrons. The molecular weight excluding hydrogens is 214 g/mol. The Bertz CT molecular complexity index is 317. The van der Waals surface area contributed by atoms with Crippen LogP contribution in [0.25, 0.3) is 0 Å². The smallest absolute Gasteiger partial charge is 0.119 e. The fraction of sp³-hybridized carbons (Fsp3) is 0.571. The summed E-state index contributed by atoms with van der Waals surface area (Å²) < 4.78 is 11.2. The molecule has 1 aromatic carbocycles. The fourth-order valence-electron chi connectivity index (χ4n) is 1.94.